The molecule has 2 rings (SSSR count). The molecule has 0 bridgehead atoms. The molecule has 2 aliphatic rings. The summed E-state index contributed by atoms with van der Waals surface area (Å²) in [5, 5.41) is 9.90. The van der Waals surface area contributed by atoms with Crippen LogP contribution in [0, 0.1) is 5.41 Å². The Balaban J connectivity index is 1.96. The lowest BCUT2D eigenvalue weighted by atomic mass is 9.80. The zero-order valence-electron chi connectivity index (χ0n) is 12.2. The van der Waals surface area contributed by atoms with Crippen LogP contribution in [0.2, 0.25) is 0 Å². The third-order valence-corrected chi connectivity index (χ3v) is 5.01. The van der Waals surface area contributed by atoms with Gasteiger partial charge in [0.2, 0.25) is 0 Å². The van der Waals surface area contributed by atoms with Gasteiger partial charge in [0.05, 0.1) is 0 Å². The van der Waals surface area contributed by atoms with Crippen molar-refractivity contribution in [3.8, 4) is 0 Å². The SMILES string of the molecule is CC1CN(C)CCN1CC1(CO)CCCCCC1. The normalized spacial score (nSPS) is 31.2. The molecule has 0 amide bonds. The van der Waals surface area contributed by atoms with Crippen molar-refractivity contribution in [2.75, 3.05) is 39.8 Å². The van der Waals surface area contributed by atoms with Crippen molar-refractivity contribution in [2.24, 2.45) is 5.41 Å². The molecule has 1 heterocycles. The molecule has 1 saturated heterocycles. The molecule has 1 saturated carbocycles. The highest BCUT2D eigenvalue weighted by atomic mass is 16.3. The van der Waals surface area contributed by atoms with Gasteiger partial charge in [0.1, 0.15) is 0 Å². The molecule has 1 N–H and O–H groups in total. The van der Waals surface area contributed by atoms with E-state index in [-0.39, 0.29) is 5.41 Å². The number of aliphatic hydroxyl groups is 1. The number of nitrogens with zero attached hydrogens (tertiary/aromatic N) is 2. The molecular formula is C15H30N2O. The zero-order chi connectivity index (χ0) is 13.0. The Morgan fingerprint density at radius 1 is 1.11 bits per heavy atom. The Morgan fingerprint density at radius 2 is 1.78 bits per heavy atom. The number of piperazine rings is 1. The molecule has 0 spiro atoms. The number of rotatable bonds is 3. The summed E-state index contributed by atoms with van der Waals surface area (Å²) in [6.07, 6.45) is 7.79. The second-order valence-corrected chi connectivity index (χ2v) is 6.65. The Hall–Kier alpha value is -0.120. The number of hydrogen-bond donors (Lipinski definition) is 1. The van der Waals surface area contributed by atoms with Gasteiger partial charge in [-0.05, 0) is 26.8 Å². The van der Waals surface area contributed by atoms with E-state index in [9.17, 15) is 5.11 Å². The fourth-order valence-corrected chi connectivity index (χ4v) is 3.69. The largest absolute Gasteiger partial charge is 0.396 e. The van der Waals surface area contributed by atoms with E-state index >= 15 is 0 Å². The lowest BCUT2D eigenvalue weighted by molar-refractivity contribution is 0.0163. The molecule has 1 aliphatic heterocycles. The minimum absolute atomic E-state index is 0.195. The maximum absolute atomic E-state index is 9.90. The first-order valence-electron chi connectivity index (χ1n) is 7.69. The molecule has 106 valence electrons. The fraction of sp³-hybridized carbons (Fsp3) is 1.00. The van der Waals surface area contributed by atoms with E-state index in [2.05, 4.69) is 23.8 Å². The summed E-state index contributed by atoms with van der Waals surface area (Å²) < 4.78 is 0. The molecule has 2 fully saturated rings. The first-order valence-corrected chi connectivity index (χ1v) is 7.69. The Kier molecular flexibility index (Phi) is 5.05. The van der Waals surface area contributed by atoms with Crippen molar-refractivity contribution in [2.45, 2.75) is 51.5 Å². The summed E-state index contributed by atoms with van der Waals surface area (Å²) in [5.41, 5.74) is 0.195. The van der Waals surface area contributed by atoms with Gasteiger partial charge in [0, 0.05) is 44.2 Å². The average molecular weight is 254 g/mol. The molecule has 0 aromatic heterocycles. The lowest BCUT2D eigenvalue weighted by Gasteiger charge is -2.44. The average Bonchev–Trinajstić information content (AvgIpc) is 2.59. The van der Waals surface area contributed by atoms with Crippen LogP contribution in [0.1, 0.15) is 45.4 Å². The topological polar surface area (TPSA) is 26.7 Å². The molecule has 3 nitrogen and oxygen atoms in total. The van der Waals surface area contributed by atoms with Crippen LogP contribution in [0.4, 0.5) is 0 Å². The maximum Gasteiger partial charge on any atom is 0.0499 e. The Morgan fingerprint density at radius 3 is 2.33 bits per heavy atom. The van der Waals surface area contributed by atoms with E-state index in [1.165, 1.54) is 58.2 Å². The van der Waals surface area contributed by atoms with Crippen LogP contribution in [0.15, 0.2) is 0 Å². The molecule has 0 radical (unpaired) electrons. The van der Waals surface area contributed by atoms with E-state index in [4.69, 9.17) is 0 Å². The molecule has 18 heavy (non-hydrogen) atoms. The monoisotopic (exact) mass is 254 g/mol. The van der Waals surface area contributed by atoms with Crippen LogP contribution in [-0.4, -0.2) is 60.8 Å². The first-order chi connectivity index (χ1) is 8.65. The molecule has 0 aromatic carbocycles. The first kappa shape index (κ1) is 14.3. The van der Waals surface area contributed by atoms with Crippen LogP contribution in [0.5, 0.6) is 0 Å². The predicted octanol–water partition coefficient (Wildman–Crippen LogP) is 1.96. The minimum Gasteiger partial charge on any atom is -0.396 e. The van der Waals surface area contributed by atoms with E-state index < -0.39 is 0 Å². The van der Waals surface area contributed by atoms with Crippen LogP contribution < -0.4 is 0 Å². The second-order valence-electron chi connectivity index (χ2n) is 6.65. The standard InChI is InChI=1S/C15H30N2O/c1-14-11-16(2)9-10-17(14)12-15(13-18)7-5-3-4-6-8-15/h14,18H,3-13H2,1-2H3. The van der Waals surface area contributed by atoms with Gasteiger partial charge in [-0.2, -0.15) is 0 Å². The van der Waals surface area contributed by atoms with Crippen LogP contribution in [0.25, 0.3) is 0 Å². The van der Waals surface area contributed by atoms with Crippen molar-refractivity contribution in [3.63, 3.8) is 0 Å². The smallest absolute Gasteiger partial charge is 0.0499 e. The van der Waals surface area contributed by atoms with E-state index in [0.29, 0.717) is 12.6 Å². The number of hydrogen-bond acceptors (Lipinski definition) is 3. The minimum atomic E-state index is 0.195. The van der Waals surface area contributed by atoms with Gasteiger partial charge in [0.25, 0.3) is 0 Å². The fourth-order valence-electron chi connectivity index (χ4n) is 3.69. The lowest BCUT2D eigenvalue weighted by Crippen LogP contribution is -2.54. The predicted molar refractivity (Wildman–Crippen MR) is 75.8 cm³/mol. The van der Waals surface area contributed by atoms with Crippen molar-refractivity contribution < 1.29 is 5.11 Å². The number of likely N-dealkylation sites (N-methyl/N-ethyl adjacent to an activating group) is 1. The highest BCUT2D eigenvalue weighted by Crippen LogP contribution is 2.36. The quantitative estimate of drug-likeness (QED) is 0.780. The third kappa shape index (κ3) is 3.46. The van der Waals surface area contributed by atoms with Gasteiger partial charge < -0.3 is 10.0 Å². The van der Waals surface area contributed by atoms with Crippen LogP contribution >= 0.6 is 0 Å². The number of aliphatic hydroxyl groups excluding tert-OH is 1. The molecule has 0 aromatic rings. The summed E-state index contributed by atoms with van der Waals surface area (Å²) in [5.74, 6) is 0. The summed E-state index contributed by atoms with van der Waals surface area (Å²) in [6, 6.07) is 0.635. The van der Waals surface area contributed by atoms with Gasteiger partial charge >= 0.3 is 0 Å². The molecule has 3 heteroatoms. The summed E-state index contributed by atoms with van der Waals surface area (Å²) in [7, 11) is 2.21. The van der Waals surface area contributed by atoms with Crippen LogP contribution in [0.3, 0.4) is 0 Å². The molecule has 1 unspecified atom stereocenters. The maximum atomic E-state index is 9.90. The molecule has 1 atom stereocenters. The second kappa shape index (κ2) is 6.36. The van der Waals surface area contributed by atoms with Gasteiger partial charge in [-0.1, -0.05) is 25.7 Å². The van der Waals surface area contributed by atoms with Crippen molar-refractivity contribution >= 4 is 0 Å². The molecular weight excluding hydrogens is 224 g/mol. The van der Waals surface area contributed by atoms with Gasteiger partial charge in [-0.25, -0.2) is 0 Å². The van der Waals surface area contributed by atoms with Crippen LogP contribution in [-0.2, 0) is 0 Å². The van der Waals surface area contributed by atoms with E-state index in [1.807, 2.05) is 0 Å². The van der Waals surface area contributed by atoms with Crippen molar-refractivity contribution in [1.29, 1.82) is 0 Å². The Labute approximate surface area is 112 Å². The van der Waals surface area contributed by atoms with E-state index in [1.54, 1.807) is 0 Å². The molecule has 1 aliphatic carbocycles. The zero-order valence-corrected chi connectivity index (χ0v) is 12.2. The third-order valence-electron chi connectivity index (χ3n) is 5.01. The summed E-state index contributed by atoms with van der Waals surface area (Å²) >= 11 is 0. The Bertz CT molecular complexity index is 249. The van der Waals surface area contributed by atoms with E-state index in [0.717, 1.165) is 6.54 Å². The van der Waals surface area contributed by atoms with Gasteiger partial charge in [-0.3, -0.25) is 4.90 Å². The highest BCUT2D eigenvalue weighted by molar-refractivity contribution is 4.88. The van der Waals surface area contributed by atoms with Crippen molar-refractivity contribution in [1.82, 2.24) is 9.80 Å². The highest BCUT2D eigenvalue weighted by Gasteiger charge is 2.34. The van der Waals surface area contributed by atoms with Gasteiger partial charge in [-0.15, -0.1) is 0 Å². The summed E-state index contributed by atoms with van der Waals surface area (Å²) in [4.78, 5) is 5.03. The van der Waals surface area contributed by atoms with Crippen molar-refractivity contribution in [3.05, 3.63) is 0 Å². The summed E-state index contributed by atoms with van der Waals surface area (Å²) in [6.45, 7) is 7.33. The van der Waals surface area contributed by atoms with Gasteiger partial charge in [0.15, 0.2) is 0 Å².